The fraction of sp³-hybridized carbons (Fsp3) is 0.0625. The first-order valence-electron chi connectivity index (χ1n) is 5.86. The summed E-state index contributed by atoms with van der Waals surface area (Å²) >= 11 is 0. The molecule has 96 valence electrons. The summed E-state index contributed by atoms with van der Waals surface area (Å²) in [5.74, 6) is 1.10. The summed E-state index contributed by atoms with van der Waals surface area (Å²) in [6.07, 6.45) is 0. The molecule has 0 amide bonds. The molecule has 3 rings (SSSR count). The zero-order valence-electron chi connectivity index (χ0n) is 10.4. The van der Waals surface area contributed by atoms with Crippen LogP contribution in [0.1, 0.15) is 5.56 Å². The molecule has 1 aromatic heterocycles. The Morgan fingerprint density at radius 1 is 0.947 bits per heavy atom. The smallest absolute Gasteiger partial charge is 0.363 e. The molecule has 1 N–H and O–H groups in total. The van der Waals surface area contributed by atoms with E-state index in [1.165, 1.54) is 0 Å². The van der Waals surface area contributed by atoms with Gasteiger partial charge in [-0.15, -0.1) is 0 Å². The fourth-order valence-corrected chi connectivity index (χ4v) is 2.08. The first-order valence-corrected chi connectivity index (χ1v) is 5.86. The molecule has 0 saturated heterocycles. The molecular weight excluding hydrogens is 260 g/mol. The maximum atomic E-state index is 9.31. The Labute approximate surface area is 117 Å². The third-order valence-electron chi connectivity index (χ3n) is 2.99. The number of hydrogen-bond donors (Lipinski definition) is 1. The van der Waals surface area contributed by atoms with Crippen molar-refractivity contribution in [1.29, 1.82) is 0 Å². The van der Waals surface area contributed by atoms with Crippen molar-refractivity contribution in [2.24, 2.45) is 0 Å². The number of hydrogen-bond acceptors (Lipinski definition) is 1. The first-order chi connectivity index (χ1) is 8.74. The van der Waals surface area contributed by atoms with Crippen LogP contribution in [0.25, 0.3) is 22.3 Å². The van der Waals surface area contributed by atoms with Crippen molar-refractivity contribution in [3.63, 3.8) is 0 Å². The minimum atomic E-state index is 0. The number of halogens is 1. The van der Waals surface area contributed by atoms with E-state index in [9.17, 15) is 5.11 Å². The van der Waals surface area contributed by atoms with Gasteiger partial charge in [-0.1, -0.05) is 12.1 Å². The second-order valence-electron chi connectivity index (χ2n) is 4.34. The van der Waals surface area contributed by atoms with E-state index in [1.54, 1.807) is 12.1 Å². The van der Waals surface area contributed by atoms with Crippen molar-refractivity contribution in [1.82, 2.24) is 0 Å². The van der Waals surface area contributed by atoms with Gasteiger partial charge in [0.1, 0.15) is 5.75 Å². The number of phenolic OH excluding ortho intramolecular Hbond substituents is 1. The molecule has 0 fully saturated rings. The van der Waals surface area contributed by atoms with Crippen molar-refractivity contribution in [2.45, 2.75) is 6.92 Å². The number of para-hydroxylation sites is 1. The molecule has 3 heteroatoms. The van der Waals surface area contributed by atoms with Gasteiger partial charge in [0.05, 0.1) is 16.5 Å². The Kier molecular flexibility index (Phi) is 3.72. The van der Waals surface area contributed by atoms with E-state index in [1.807, 2.05) is 43.3 Å². The first kappa shape index (κ1) is 13.4. The summed E-state index contributed by atoms with van der Waals surface area (Å²) in [6, 6.07) is 17.1. The Morgan fingerprint density at radius 3 is 2.37 bits per heavy atom. The molecule has 0 unspecified atom stereocenters. The molecule has 1 heterocycles. The molecule has 0 aliphatic carbocycles. The van der Waals surface area contributed by atoms with E-state index in [0.717, 1.165) is 27.9 Å². The van der Waals surface area contributed by atoms with Gasteiger partial charge in [0, 0.05) is 6.07 Å². The predicted octanol–water partition coefficient (Wildman–Crippen LogP) is 1.40. The predicted molar refractivity (Wildman–Crippen MR) is 72.5 cm³/mol. The molecular formula is C16H13ClO2. The molecule has 0 saturated carbocycles. The van der Waals surface area contributed by atoms with E-state index >= 15 is 0 Å². The van der Waals surface area contributed by atoms with Crippen molar-refractivity contribution in [3.05, 3.63) is 60.2 Å². The van der Waals surface area contributed by atoms with Crippen LogP contribution in [-0.4, -0.2) is 5.11 Å². The summed E-state index contributed by atoms with van der Waals surface area (Å²) in [7, 11) is 0. The van der Waals surface area contributed by atoms with Crippen LogP contribution >= 0.6 is 0 Å². The Hall–Kier alpha value is -2.06. The highest BCUT2D eigenvalue weighted by Gasteiger charge is 2.18. The van der Waals surface area contributed by atoms with Crippen molar-refractivity contribution < 1.29 is 21.9 Å². The number of aromatic hydroxyl groups is 1. The van der Waals surface area contributed by atoms with E-state index in [-0.39, 0.29) is 18.2 Å². The highest BCUT2D eigenvalue weighted by Crippen LogP contribution is 2.29. The lowest BCUT2D eigenvalue weighted by molar-refractivity contribution is -0.00000508. The van der Waals surface area contributed by atoms with Crippen molar-refractivity contribution in [3.8, 4) is 17.1 Å². The van der Waals surface area contributed by atoms with Crippen LogP contribution in [0.5, 0.6) is 5.75 Å². The maximum Gasteiger partial charge on any atom is 0.363 e. The average molecular weight is 273 g/mol. The number of phenols is 1. The van der Waals surface area contributed by atoms with Crippen LogP contribution in [-0.2, 0) is 0 Å². The highest BCUT2D eigenvalue weighted by molar-refractivity contribution is 5.80. The monoisotopic (exact) mass is 272 g/mol. The highest BCUT2D eigenvalue weighted by atomic mass is 35.5. The van der Waals surface area contributed by atoms with Crippen LogP contribution in [0.4, 0.5) is 0 Å². The quantitative estimate of drug-likeness (QED) is 0.679. The van der Waals surface area contributed by atoms with Gasteiger partial charge in [-0.05, 0) is 43.3 Å². The molecule has 0 bridgehead atoms. The molecule has 0 radical (unpaired) electrons. The van der Waals surface area contributed by atoms with E-state index in [0.29, 0.717) is 0 Å². The zero-order valence-corrected chi connectivity index (χ0v) is 11.2. The second kappa shape index (κ2) is 5.29. The van der Waals surface area contributed by atoms with Crippen molar-refractivity contribution in [2.75, 3.05) is 0 Å². The number of rotatable bonds is 1. The van der Waals surface area contributed by atoms with Crippen LogP contribution in [0.3, 0.4) is 0 Å². The minimum absolute atomic E-state index is 0. The van der Waals surface area contributed by atoms with Gasteiger partial charge < -0.3 is 17.5 Å². The number of fused-ring (bicyclic) bond motifs is 1. The van der Waals surface area contributed by atoms with Gasteiger partial charge in [-0.2, -0.15) is 0 Å². The third kappa shape index (κ3) is 2.54. The van der Waals surface area contributed by atoms with E-state index < -0.39 is 0 Å². The molecule has 2 nitrogen and oxygen atoms in total. The number of aryl methyl sites for hydroxylation is 1. The molecule has 0 spiro atoms. The summed E-state index contributed by atoms with van der Waals surface area (Å²) < 4.78 is 5.94. The second-order valence-corrected chi connectivity index (χ2v) is 4.34. The Balaban J connectivity index is 0.00000133. The average Bonchev–Trinajstić information content (AvgIpc) is 2.39. The normalized spacial score (nSPS) is 10.2. The molecule has 0 aliphatic heterocycles. The van der Waals surface area contributed by atoms with Gasteiger partial charge in [0.25, 0.3) is 0 Å². The third-order valence-corrected chi connectivity index (χ3v) is 2.99. The van der Waals surface area contributed by atoms with Crippen LogP contribution in [0, 0.1) is 6.92 Å². The SMILES string of the molecule is Cc1cc2ccccc2[o+]c1-c1ccc(O)cc1.[Cl-]. The van der Waals surface area contributed by atoms with Crippen LogP contribution in [0.2, 0.25) is 0 Å². The number of benzene rings is 2. The Bertz CT molecular complexity index is 706. The van der Waals surface area contributed by atoms with Crippen LogP contribution < -0.4 is 12.4 Å². The Morgan fingerprint density at radius 2 is 1.63 bits per heavy atom. The van der Waals surface area contributed by atoms with Gasteiger partial charge >= 0.3 is 11.3 Å². The van der Waals surface area contributed by atoms with E-state index in [4.69, 9.17) is 4.42 Å². The fourth-order valence-electron chi connectivity index (χ4n) is 2.08. The maximum absolute atomic E-state index is 9.31. The lowest BCUT2D eigenvalue weighted by Gasteiger charge is -1.97. The van der Waals surface area contributed by atoms with Gasteiger partial charge in [-0.3, -0.25) is 0 Å². The summed E-state index contributed by atoms with van der Waals surface area (Å²) in [5, 5.41) is 10.4. The lowest BCUT2D eigenvalue weighted by Crippen LogP contribution is -3.00. The molecule has 2 aromatic carbocycles. The summed E-state index contributed by atoms with van der Waals surface area (Å²) in [6.45, 7) is 2.03. The molecule has 3 aromatic rings. The lowest BCUT2D eigenvalue weighted by atomic mass is 10.1. The summed E-state index contributed by atoms with van der Waals surface area (Å²) in [5.41, 5.74) is 2.92. The van der Waals surface area contributed by atoms with Crippen LogP contribution in [0.15, 0.2) is 59.0 Å². The van der Waals surface area contributed by atoms with Gasteiger partial charge in [0.15, 0.2) is 0 Å². The van der Waals surface area contributed by atoms with Crippen molar-refractivity contribution >= 4 is 11.0 Å². The molecule has 0 aliphatic rings. The standard InChI is InChI=1S/C16H12O2.ClH/c1-11-10-13-4-2-3-5-15(13)18-16(11)12-6-8-14(17)9-7-12;/h2-10H,1H3;1H. The zero-order chi connectivity index (χ0) is 12.5. The summed E-state index contributed by atoms with van der Waals surface area (Å²) in [4.78, 5) is 0. The van der Waals surface area contributed by atoms with Gasteiger partial charge in [-0.25, -0.2) is 4.42 Å². The molecule has 19 heavy (non-hydrogen) atoms. The molecule has 0 atom stereocenters. The van der Waals surface area contributed by atoms with E-state index in [2.05, 4.69) is 6.07 Å². The largest absolute Gasteiger partial charge is 1.00 e. The minimum Gasteiger partial charge on any atom is -1.00 e. The van der Waals surface area contributed by atoms with Gasteiger partial charge in [0.2, 0.25) is 0 Å². The topological polar surface area (TPSA) is 31.5 Å².